The van der Waals surface area contributed by atoms with Crippen LogP contribution in [0, 0.1) is 17.7 Å². The highest BCUT2D eigenvalue weighted by Crippen LogP contribution is 2.34. The Morgan fingerprint density at radius 2 is 2.26 bits per heavy atom. The molecule has 0 spiro atoms. The zero-order valence-corrected chi connectivity index (χ0v) is 15.3. The van der Waals surface area contributed by atoms with Crippen LogP contribution < -0.4 is 10.1 Å². The van der Waals surface area contributed by atoms with Crippen molar-refractivity contribution in [2.45, 2.75) is 31.8 Å². The van der Waals surface area contributed by atoms with Gasteiger partial charge in [-0.25, -0.2) is 4.39 Å². The molecule has 7 heteroatoms. The number of fused-ring (bicyclic) bond motifs is 1. The minimum atomic E-state index is -0.983. The normalized spacial score (nSPS) is 21.1. The van der Waals surface area contributed by atoms with Gasteiger partial charge in [0.1, 0.15) is 11.6 Å². The van der Waals surface area contributed by atoms with E-state index in [2.05, 4.69) is 10.3 Å². The quantitative estimate of drug-likeness (QED) is 0.688. The van der Waals surface area contributed by atoms with Crippen molar-refractivity contribution in [3.8, 4) is 5.75 Å². The van der Waals surface area contributed by atoms with Gasteiger partial charge in [-0.1, -0.05) is 0 Å². The van der Waals surface area contributed by atoms with Gasteiger partial charge in [0.15, 0.2) is 0 Å². The SMILES string of the molecule is COc1ccc2ncc(F)c([C@H](O)CCC3CCNCC3CC(=O)O)c2c1. The van der Waals surface area contributed by atoms with Crippen molar-refractivity contribution in [3.63, 3.8) is 0 Å². The van der Waals surface area contributed by atoms with Crippen LogP contribution in [-0.4, -0.2) is 41.4 Å². The van der Waals surface area contributed by atoms with Crippen molar-refractivity contribution in [1.82, 2.24) is 10.3 Å². The fraction of sp³-hybridized carbons (Fsp3) is 0.500. The Balaban J connectivity index is 1.78. The van der Waals surface area contributed by atoms with E-state index in [0.29, 0.717) is 36.0 Å². The maximum Gasteiger partial charge on any atom is 0.303 e. The number of benzene rings is 1. The molecule has 27 heavy (non-hydrogen) atoms. The van der Waals surface area contributed by atoms with E-state index in [1.807, 2.05) is 0 Å². The van der Waals surface area contributed by atoms with Gasteiger partial charge in [-0.05, 0) is 62.4 Å². The Bertz CT molecular complexity index is 814. The largest absolute Gasteiger partial charge is 0.497 e. The summed E-state index contributed by atoms with van der Waals surface area (Å²) >= 11 is 0. The molecule has 0 bridgehead atoms. The van der Waals surface area contributed by atoms with Crippen LogP contribution in [0.25, 0.3) is 10.9 Å². The number of carboxylic acid groups (broad SMARTS) is 1. The highest BCUT2D eigenvalue weighted by molar-refractivity contribution is 5.84. The Morgan fingerprint density at radius 3 is 3.00 bits per heavy atom. The number of carboxylic acids is 1. The van der Waals surface area contributed by atoms with Gasteiger partial charge in [-0.3, -0.25) is 9.78 Å². The highest BCUT2D eigenvalue weighted by Gasteiger charge is 2.28. The van der Waals surface area contributed by atoms with Crippen LogP contribution in [0.2, 0.25) is 0 Å². The lowest BCUT2D eigenvalue weighted by Gasteiger charge is -2.32. The summed E-state index contributed by atoms with van der Waals surface area (Å²) in [5.74, 6) is -0.559. The van der Waals surface area contributed by atoms with E-state index in [-0.39, 0.29) is 23.8 Å². The van der Waals surface area contributed by atoms with Crippen LogP contribution in [0.4, 0.5) is 4.39 Å². The van der Waals surface area contributed by atoms with E-state index in [9.17, 15) is 14.3 Å². The molecule has 1 aromatic carbocycles. The van der Waals surface area contributed by atoms with E-state index in [1.165, 1.54) is 7.11 Å². The third-order valence-electron chi connectivity index (χ3n) is 5.41. The molecule has 6 nitrogen and oxygen atoms in total. The summed E-state index contributed by atoms with van der Waals surface area (Å²) in [6.07, 6.45) is 2.13. The number of aliphatic hydroxyl groups excluding tert-OH is 1. The first-order chi connectivity index (χ1) is 13.0. The van der Waals surface area contributed by atoms with Gasteiger partial charge in [0.25, 0.3) is 0 Å². The second-order valence-electron chi connectivity index (χ2n) is 7.11. The Morgan fingerprint density at radius 1 is 1.44 bits per heavy atom. The summed E-state index contributed by atoms with van der Waals surface area (Å²) in [7, 11) is 1.53. The summed E-state index contributed by atoms with van der Waals surface area (Å²) in [6.45, 7) is 1.50. The van der Waals surface area contributed by atoms with Gasteiger partial charge < -0.3 is 20.3 Å². The van der Waals surface area contributed by atoms with E-state index in [0.717, 1.165) is 19.2 Å². The third kappa shape index (κ3) is 4.54. The summed E-state index contributed by atoms with van der Waals surface area (Å²) < 4.78 is 19.7. The molecule has 0 aliphatic carbocycles. The van der Waals surface area contributed by atoms with E-state index < -0.39 is 17.9 Å². The van der Waals surface area contributed by atoms with Crippen molar-refractivity contribution in [2.75, 3.05) is 20.2 Å². The number of aliphatic carboxylic acids is 1. The average molecular weight is 376 g/mol. The lowest BCUT2D eigenvalue weighted by Crippen LogP contribution is -2.37. The number of hydrogen-bond donors (Lipinski definition) is 3. The number of nitrogens with zero attached hydrogens (tertiary/aromatic N) is 1. The van der Waals surface area contributed by atoms with Crippen molar-refractivity contribution in [3.05, 3.63) is 35.8 Å². The predicted octanol–water partition coefficient (Wildman–Crippen LogP) is 2.90. The van der Waals surface area contributed by atoms with Crippen LogP contribution in [-0.2, 0) is 4.79 Å². The fourth-order valence-electron chi connectivity index (χ4n) is 3.97. The molecule has 3 atom stereocenters. The summed E-state index contributed by atoms with van der Waals surface area (Å²) in [4.78, 5) is 15.2. The van der Waals surface area contributed by atoms with Crippen molar-refractivity contribution in [2.24, 2.45) is 11.8 Å². The first kappa shape index (κ1) is 19.5. The van der Waals surface area contributed by atoms with Crippen molar-refractivity contribution in [1.29, 1.82) is 0 Å². The van der Waals surface area contributed by atoms with Crippen molar-refractivity contribution >= 4 is 16.9 Å². The van der Waals surface area contributed by atoms with E-state index >= 15 is 0 Å². The number of ether oxygens (including phenoxy) is 1. The lowest BCUT2D eigenvalue weighted by molar-refractivity contribution is -0.138. The molecule has 1 fully saturated rings. The average Bonchev–Trinajstić information content (AvgIpc) is 2.66. The molecule has 3 N–H and O–H groups in total. The number of aliphatic hydroxyl groups is 1. The first-order valence-corrected chi connectivity index (χ1v) is 9.22. The summed E-state index contributed by atoms with van der Waals surface area (Å²) in [5.41, 5.74) is 0.819. The number of hydrogen-bond acceptors (Lipinski definition) is 5. The van der Waals surface area contributed by atoms with Gasteiger partial charge in [-0.15, -0.1) is 0 Å². The highest BCUT2D eigenvalue weighted by atomic mass is 19.1. The topological polar surface area (TPSA) is 91.7 Å². The van der Waals surface area contributed by atoms with E-state index in [1.54, 1.807) is 18.2 Å². The van der Waals surface area contributed by atoms with Crippen LogP contribution in [0.1, 0.15) is 37.4 Å². The van der Waals surface area contributed by atoms with Gasteiger partial charge in [-0.2, -0.15) is 0 Å². The van der Waals surface area contributed by atoms with Gasteiger partial charge >= 0.3 is 5.97 Å². The second kappa shape index (κ2) is 8.63. The minimum Gasteiger partial charge on any atom is -0.497 e. The molecule has 0 amide bonds. The predicted molar refractivity (Wildman–Crippen MR) is 99.2 cm³/mol. The van der Waals surface area contributed by atoms with Crippen molar-refractivity contribution < 1.29 is 24.1 Å². The van der Waals surface area contributed by atoms with Gasteiger partial charge in [0.2, 0.25) is 0 Å². The minimum absolute atomic E-state index is 0.0302. The maximum atomic E-state index is 14.5. The number of halogens is 1. The zero-order valence-electron chi connectivity index (χ0n) is 15.3. The summed E-state index contributed by atoms with van der Waals surface area (Å²) in [6, 6.07) is 5.16. The van der Waals surface area contributed by atoms with Gasteiger partial charge in [0.05, 0.1) is 24.9 Å². The molecule has 3 rings (SSSR count). The van der Waals surface area contributed by atoms with Crippen LogP contribution in [0.15, 0.2) is 24.4 Å². The molecule has 1 aliphatic heterocycles. The zero-order chi connectivity index (χ0) is 19.4. The van der Waals surface area contributed by atoms with E-state index in [4.69, 9.17) is 9.84 Å². The second-order valence-corrected chi connectivity index (χ2v) is 7.11. The number of rotatable bonds is 7. The molecule has 146 valence electrons. The Kier molecular flexibility index (Phi) is 6.23. The molecule has 0 saturated carbocycles. The summed E-state index contributed by atoms with van der Waals surface area (Å²) in [5, 5.41) is 23.6. The number of carbonyl (C=O) groups is 1. The standard InChI is InChI=1S/C20H25FN2O4/c1-27-14-3-4-17-15(9-14)20(16(21)11-23-17)18(24)5-2-12-6-7-22-10-13(12)8-19(25)26/h3-4,9,11-13,18,22,24H,2,5-8,10H2,1H3,(H,25,26)/t12?,13?,18-/m1/s1. The first-order valence-electron chi connectivity index (χ1n) is 9.22. The molecule has 0 radical (unpaired) electrons. The van der Waals surface area contributed by atoms with Crippen LogP contribution in [0.5, 0.6) is 5.75 Å². The maximum absolute atomic E-state index is 14.5. The number of methoxy groups -OCH3 is 1. The number of piperidine rings is 1. The van der Waals surface area contributed by atoms with Gasteiger partial charge in [0, 0.05) is 17.4 Å². The lowest BCUT2D eigenvalue weighted by atomic mass is 9.80. The smallest absolute Gasteiger partial charge is 0.303 e. The third-order valence-corrected chi connectivity index (χ3v) is 5.41. The molecule has 1 saturated heterocycles. The van der Waals surface area contributed by atoms with Crippen LogP contribution in [0.3, 0.4) is 0 Å². The molecule has 2 heterocycles. The molecular weight excluding hydrogens is 351 g/mol. The fourth-order valence-corrected chi connectivity index (χ4v) is 3.97. The number of nitrogens with one attached hydrogen (secondary N) is 1. The Labute approximate surface area is 157 Å². The Hall–Kier alpha value is -2.25. The molecule has 1 aliphatic rings. The van der Waals surface area contributed by atoms with Crippen LogP contribution >= 0.6 is 0 Å². The monoisotopic (exact) mass is 376 g/mol. The molecule has 1 aromatic heterocycles. The number of pyridine rings is 1. The molecular formula is C20H25FN2O4. The number of aromatic nitrogens is 1. The molecule has 2 unspecified atom stereocenters. The molecule has 2 aromatic rings.